The standard InChI is InChI=1S/C14H15BN4S/c1-20-14-17-9-11-8-12(2-3-13(11)18-14)19-6-4-15(10-16)5-7-19/h2-3,8-9H,4-7H2,1H3. The van der Waals surface area contributed by atoms with Crippen molar-refractivity contribution in [3.63, 3.8) is 0 Å². The molecule has 2 heterocycles. The first-order valence-corrected chi connectivity index (χ1v) is 7.98. The Hall–Kier alpha value is -1.74. The Kier molecular flexibility index (Phi) is 3.79. The summed E-state index contributed by atoms with van der Waals surface area (Å²) in [7, 11) is 0. The van der Waals surface area contributed by atoms with E-state index in [4.69, 9.17) is 5.26 Å². The molecule has 0 spiro atoms. The van der Waals surface area contributed by atoms with Gasteiger partial charge in [0.1, 0.15) is 0 Å². The summed E-state index contributed by atoms with van der Waals surface area (Å²) in [5.41, 5.74) is 2.19. The fraction of sp³-hybridized carbons (Fsp3) is 0.357. The average Bonchev–Trinajstić information content (AvgIpc) is 2.54. The van der Waals surface area contributed by atoms with Gasteiger partial charge in [-0.15, -0.1) is 0 Å². The molecule has 0 amide bonds. The number of benzene rings is 1. The van der Waals surface area contributed by atoms with Gasteiger partial charge in [0.2, 0.25) is 0 Å². The second-order valence-corrected chi connectivity index (χ2v) is 5.76. The van der Waals surface area contributed by atoms with Gasteiger partial charge in [0, 0.05) is 36.3 Å². The second-order valence-electron chi connectivity index (χ2n) is 4.99. The molecule has 1 saturated heterocycles. The molecule has 1 fully saturated rings. The maximum atomic E-state index is 8.95. The molecule has 2 aromatic rings. The van der Waals surface area contributed by atoms with Crippen LogP contribution in [-0.4, -0.2) is 36.0 Å². The van der Waals surface area contributed by atoms with E-state index in [9.17, 15) is 0 Å². The van der Waals surface area contributed by atoms with E-state index in [1.54, 1.807) is 11.8 Å². The van der Waals surface area contributed by atoms with E-state index < -0.39 is 0 Å². The van der Waals surface area contributed by atoms with E-state index in [0.717, 1.165) is 41.8 Å². The highest BCUT2D eigenvalue weighted by Gasteiger charge is 2.22. The summed E-state index contributed by atoms with van der Waals surface area (Å²) < 4.78 is 0. The number of fused-ring (bicyclic) bond motifs is 1. The Morgan fingerprint density at radius 1 is 1.35 bits per heavy atom. The lowest BCUT2D eigenvalue weighted by atomic mass is 9.45. The highest BCUT2D eigenvalue weighted by molar-refractivity contribution is 7.98. The van der Waals surface area contributed by atoms with Gasteiger partial charge in [-0.1, -0.05) is 11.8 Å². The number of rotatable bonds is 2. The predicted molar refractivity (Wildman–Crippen MR) is 84.5 cm³/mol. The zero-order chi connectivity index (χ0) is 13.9. The van der Waals surface area contributed by atoms with Crippen molar-refractivity contribution in [2.45, 2.75) is 17.8 Å². The van der Waals surface area contributed by atoms with E-state index in [1.165, 1.54) is 5.69 Å². The second kappa shape index (κ2) is 5.72. The normalized spacial score (nSPS) is 15.4. The third kappa shape index (κ3) is 2.59. The first-order valence-electron chi connectivity index (χ1n) is 6.75. The van der Waals surface area contributed by atoms with Gasteiger partial charge in [0.15, 0.2) is 5.16 Å². The molecular weight excluding hydrogens is 267 g/mol. The quantitative estimate of drug-likeness (QED) is 0.481. The zero-order valence-corrected chi connectivity index (χ0v) is 12.2. The molecule has 6 heteroatoms. The molecule has 100 valence electrons. The topological polar surface area (TPSA) is 52.8 Å². The zero-order valence-electron chi connectivity index (χ0n) is 11.4. The van der Waals surface area contributed by atoms with Crippen LogP contribution in [0.4, 0.5) is 5.69 Å². The minimum absolute atomic E-state index is 0.221. The summed E-state index contributed by atoms with van der Waals surface area (Å²) in [4.78, 5) is 11.2. The van der Waals surface area contributed by atoms with Crippen LogP contribution in [0.25, 0.3) is 10.9 Å². The molecule has 0 radical (unpaired) electrons. The van der Waals surface area contributed by atoms with Crippen LogP contribution in [-0.2, 0) is 0 Å². The maximum absolute atomic E-state index is 8.95. The Labute approximate surface area is 123 Å². The van der Waals surface area contributed by atoms with Crippen LogP contribution >= 0.6 is 11.8 Å². The molecule has 0 aliphatic carbocycles. The van der Waals surface area contributed by atoms with E-state index in [0.29, 0.717) is 0 Å². The molecule has 20 heavy (non-hydrogen) atoms. The van der Waals surface area contributed by atoms with Gasteiger partial charge in [0.25, 0.3) is 6.71 Å². The van der Waals surface area contributed by atoms with Crippen LogP contribution in [0.2, 0.25) is 12.6 Å². The minimum atomic E-state index is 0.221. The fourth-order valence-electron chi connectivity index (χ4n) is 2.57. The van der Waals surface area contributed by atoms with Crippen LogP contribution in [0.1, 0.15) is 0 Å². The Bertz CT molecular complexity index is 662. The Balaban J connectivity index is 1.85. The molecule has 1 aliphatic heterocycles. The summed E-state index contributed by atoms with van der Waals surface area (Å²) in [5, 5.41) is 10.8. The van der Waals surface area contributed by atoms with Crippen molar-refractivity contribution in [2.24, 2.45) is 0 Å². The summed E-state index contributed by atoms with van der Waals surface area (Å²) >= 11 is 1.56. The van der Waals surface area contributed by atoms with E-state index in [-0.39, 0.29) is 6.71 Å². The summed E-state index contributed by atoms with van der Waals surface area (Å²) in [6, 6.07) is 6.32. The third-order valence-corrected chi connectivity index (χ3v) is 4.33. The maximum Gasteiger partial charge on any atom is 0.271 e. The lowest BCUT2D eigenvalue weighted by molar-refractivity contribution is 0.822. The van der Waals surface area contributed by atoms with Gasteiger partial charge in [0.05, 0.1) is 5.52 Å². The van der Waals surface area contributed by atoms with Gasteiger partial charge in [-0.3, -0.25) is 0 Å². The molecule has 0 atom stereocenters. The lowest BCUT2D eigenvalue weighted by Crippen LogP contribution is -2.36. The molecule has 0 N–H and O–H groups in total. The molecule has 4 nitrogen and oxygen atoms in total. The first kappa shape index (κ1) is 13.3. The van der Waals surface area contributed by atoms with Crippen LogP contribution in [0, 0.1) is 11.2 Å². The number of thioether (sulfide) groups is 1. The molecule has 3 rings (SSSR count). The molecule has 1 aliphatic rings. The van der Waals surface area contributed by atoms with Crippen molar-refractivity contribution in [3.05, 3.63) is 24.4 Å². The third-order valence-electron chi connectivity index (χ3n) is 3.77. The number of aromatic nitrogens is 2. The highest BCUT2D eigenvalue weighted by Crippen LogP contribution is 2.25. The van der Waals surface area contributed by atoms with Crippen LogP contribution in [0.3, 0.4) is 0 Å². The van der Waals surface area contributed by atoms with Crippen molar-refractivity contribution in [3.8, 4) is 5.97 Å². The average molecular weight is 282 g/mol. The monoisotopic (exact) mass is 282 g/mol. The number of hydrogen-bond acceptors (Lipinski definition) is 5. The van der Waals surface area contributed by atoms with E-state index in [2.05, 4.69) is 39.0 Å². The van der Waals surface area contributed by atoms with Crippen molar-refractivity contribution in [2.75, 3.05) is 24.2 Å². The smallest absolute Gasteiger partial charge is 0.271 e. The lowest BCUT2D eigenvalue weighted by Gasteiger charge is -2.30. The molecule has 0 unspecified atom stereocenters. The SMILES string of the molecule is CSc1ncc2cc(N3CCB(C#N)CC3)ccc2n1. The summed E-state index contributed by atoms with van der Waals surface area (Å²) in [5.74, 6) is 2.37. The van der Waals surface area contributed by atoms with Crippen molar-refractivity contribution >= 4 is 35.1 Å². The van der Waals surface area contributed by atoms with E-state index >= 15 is 0 Å². The summed E-state index contributed by atoms with van der Waals surface area (Å²) in [6.45, 7) is 2.13. The van der Waals surface area contributed by atoms with Crippen molar-refractivity contribution in [1.82, 2.24) is 9.97 Å². The van der Waals surface area contributed by atoms with Gasteiger partial charge in [-0.05, 0) is 37.1 Å². The summed E-state index contributed by atoms with van der Waals surface area (Å²) in [6.07, 6.45) is 5.78. The predicted octanol–water partition coefficient (Wildman–Crippen LogP) is 2.73. The molecule has 1 aromatic carbocycles. The number of nitriles is 1. The van der Waals surface area contributed by atoms with Crippen molar-refractivity contribution in [1.29, 1.82) is 5.26 Å². The molecule has 0 bridgehead atoms. The van der Waals surface area contributed by atoms with Gasteiger partial charge in [-0.25, -0.2) is 15.2 Å². The fourth-order valence-corrected chi connectivity index (χ4v) is 2.91. The van der Waals surface area contributed by atoms with E-state index in [1.807, 2.05) is 12.5 Å². The number of hydrogen-bond donors (Lipinski definition) is 0. The van der Waals surface area contributed by atoms with Crippen LogP contribution in [0.15, 0.2) is 29.6 Å². The molecular formula is C14H15BN4S. The van der Waals surface area contributed by atoms with Gasteiger partial charge >= 0.3 is 0 Å². The number of anilines is 1. The first-order chi connectivity index (χ1) is 9.80. The van der Waals surface area contributed by atoms with Crippen molar-refractivity contribution < 1.29 is 0 Å². The molecule has 0 saturated carbocycles. The van der Waals surface area contributed by atoms with Gasteiger partial charge in [-0.2, -0.15) is 0 Å². The van der Waals surface area contributed by atoms with Crippen LogP contribution in [0.5, 0.6) is 0 Å². The minimum Gasteiger partial charge on any atom is -0.373 e. The van der Waals surface area contributed by atoms with Gasteiger partial charge < -0.3 is 4.90 Å². The Morgan fingerprint density at radius 2 is 2.15 bits per heavy atom. The number of nitrogens with zero attached hydrogens (tertiary/aromatic N) is 4. The van der Waals surface area contributed by atoms with Crippen LogP contribution < -0.4 is 4.90 Å². The largest absolute Gasteiger partial charge is 0.373 e. The Morgan fingerprint density at radius 3 is 2.85 bits per heavy atom. The highest BCUT2D eigenvalue weighted by atomic mass is 32.2. The molecule has 1 aromatic heterocycles.